The van der Waals surface area contributed by atoms with Crippen molar-refractivity contribution in [2.24, 2.45) is 0 Å². The third-order valence-corrected chi connectivity index (χ3v) is 2.55. The molecule has 14 heavy (non-hydrogen) atoms. The summed E-state index contributed by atoms with van der Waals surface area (Å²) in [5, 5.41) is 2.64. The molecule has 3 heteroatoms. The molecule has 1 amide bonds. The van der Waals surface area contributed by atoms with E-state index < -0.39 is 0 Å². The highest BCUT2D eigenvalue weighted by molar-refractivity contribution is 5.77. The Kier molecular flexibility index (Phi) is 2.50. The van der Waals surface area contributed by atoms with E-state index in [1.54, 1.807) is 7.05 Å². The normalized spacial score (nSPS) is 15.2. The molecule has 1 aromatic carbocycles. The van der Waals surface area contributed by atoms with Crippen LogP contribution in [0.3, 0.4) is 0 Å². The van der Waals surface area contributed by atoms with Gasteiger partial charge in [0.05, 0.1) is 6.54 Å². The molecule has 0 unspecified atom stereocenters. The van der Waals surface area contributed by atoms with Crippen molar-refractivity contribution in [3.8, 4) is 0 Å². The lowest BCUT2D eigenvalue weighted by Crippen LogP contribution is -2.32. The van der Waals surface area contributed by atoms with Crippen LogP contribution in [0.2, 0.25) is 0 Å². The van der Waals surface area contributed by atoms with Crippen LogP contribution in [0.1, 0.15) is 11.1 Å². The van der Waals surface area contributed by atoms with Gasteiger partial charge in [0.15, 0.2) is 0 Å². The number of benzene rings is 1. The number of hydrogen-bond acceptors (Lipinski definition) is 2. The van der Waals surface area contributed by atoms with Crippen LogP contribution in [0.15, 0.2) is 24.3 Å². The lowest BCUT2D eigenvalue weighted by molar-refractivity contribution is -0.121. The van der Waals surface area contributed by atoms with Gasteiger partial charge in [-0.05, 0) is 11.1 Å². The van der Waals surface area contributed by atoms with Gasteiger partial charge in [-0.15, -0.1) is 0 Å². The van der Waals surface area contributed by atoms with Gasteiger partial charge < -0.3 is 5.32 Å². The Morgan fingerprint density at radius 1 is 1.36 bits per heavy atom. The second kappa shape index (κ2) is 3.80. The number of rotatable bonds is 2. The van der Waals surface area contributed by atoms with Gasteiger partial charge in [-0.3, -0.25) is 9.69 Å². The van der Waals surface area contributed by atoms with Crippen molar-refractivity contribution in [1.82, 2.24) is 10.2 Å². The number of likely N-dealkylation sites (N-methyl/N-ethyl adjacent to an activating group) is 1. The summed E-state index contributed by atoms with van der Waals surface area (Å²) in [6.07, 6.45) is 0. The summed E-state index contributed by atoms with van der Waals surface area (Å²) < 4.78 is 0. The average molecular weight is 190 g/mol. The molecule has 0 saturated heterocycles. The van der Waals surface area contributed by atoms with E-state index >= 15 is 0 Å². The van der Waals surface area contributed by atoms with E-state index in [1.807, 2.05) is 12.1 Å². The largest absolute Gasteiger partial charge is 0.358 e. The molecule has 1 aromatic rings. The molecule has 1 aliphatic rings. The van der Waals surface area contributed by atoms with Crippen LogP contribution in [-0.2, 0) is 17.9 Å². The standard InChI is InChI=1S/C11H14N2O/c1-12-11(14)8-13-6-9-4-2-3-5-10(9)7-13/h2-5H,6-8H2,1H3,(H,12,14). The van der Waals surface area contributed by atoms with Gasteiger partial charge in [0.2, 0.25) is 5.91 Å². The van der Waals surface area contributed by atoms with Gasteiger partial charge in [0.25, 0.3) is 0 Å². The first-order valence-corrected chi connectivity index (χ1v) is 4.79. The molecule has 0 saturated carbocycles. The molecular weight excluding hydrogens is 176 g/mol. The maximum absolute atomic E-state index is 11.2. The fraction of sp³-hybridized carbons (Fsp3) is 0.364. The molecule has 1 heterocycles. The van der Waals surface area contributed by atoms with E-state index in [0.717, 1.165) is 13.1 Å². The van der Waals surface area contributed by atoms with E-state index in [9.17, 15) is 4.79 Å². The average Bonchev–Trinajstić information content (AvgIpc) is 2.59. The number of carbonyl (C=O) groups excluding carboxylic acids is 1. The highest BCUT2D eigenvalue weighted by Crippen LogP contribution is 2.21. The smallest absolute Gasteiger partial charge is 0.233 e. The predicted molar refractivity (Wildman–Crippen MR) is 54.6 cm³/mol. The Labute approximate surface area is 83.7 Å². The van der Waals surface area contributed by atoms with Crippen molar-refractivity contribution < 1.29 is 4.79 Å². The molecule has 3 nitrogen and oxygen atoms in total. The molecule has 74 valence electrons. The van der Waals surface area contributed by atoms with E-state index in [4.69, 9.17) is 0 Å². The van der Waals surface area contributed by atoms with Gasteiger partial charge >= 0.3 is 0 Å². The lowest BCUT2D eigenvalue weighted by atomic mass is 10.1. The number of nitrogens with zero attached hydrogens (tertiary/aromatic N) is 1. The molecule has 0 bridgehead atoms. The molecule has 0 fully saturated rings. The first-order chi connectivity index (χ1) is 6.79. The van der Waals surface area contributed by atoms with Gasteiger partial charge in [0, 0.05) is 20.1 Å². The molecule has 1 N–H and O–H groups in total. The van der Waals surface area contributed by atoms with Crippen molar-refractivity contribution in [2.45, 2.75) is 13.1 Å². The summed E-state index contributed by atoms with van der Waals surface area (Å²) >= 11 is 0. The van der Waals surface area contributed by atoms with E-state index in [1.165, 1.54) is 11.1 Å². The van der Waals surface area contributed by atoms with Crippen molar-refractivity contribution in [2.75, 3.05) is 13.6 Å². The summed E-state index contributed by atoms with van der Waals surface area (Å²) in [5.74, 6) is 0.0813. The molecule has 1 aliphatic heterocycles. The monoisotopic (exact) mass is 190 g/mol. The number of fused-ring (bicyclic) bond motifs is 1. The third-order valence-electron chi connectivity index (χ3n) is 2.55. The second-order valence-electron chi connectivity index (χ2n) is 3.59. The minimum Gasteiger partial charge on any atom is -0.358 e. The van der Waals surface area contributed by atoms with Crippen LogP contribution in [0, 0.1) is 0 Å². The maximum Gasteiger partial charge on any atom is 0.233 e. The minimum atomic E-state index is 0.0813. The molecule has 0 atom stereocenters. The van der Waals surface area contributed by atoms with Crippen molar-refractivity contribution in [3.63, 3.8) is 0 Å². The first-order valence-electron chi connectivity index (χ1n) is 4.79. The molecular formula is C11H14N2O. The number of hydrogen-bond donors (Lipinski definition) is 1. The van der Waals surface area contributed by atoms with Gasteiger partial charge in [-0.25, -0.2) is 0 Å². The van der Waals surface area contributed by atoms with Crippen LogP contribution >= 0.6 is 0 Å². The Morgan fingerprint density at radius 3 is 2.43 bits per heavy atom. The van der Waals surface area contributed by atoms with Crippen molar-refractivity contribution in [3.05, 3.63) is 35.4 Å². The molecule has 0 spiro atoms. The fourth-order valence-electron chi connectivity index (χ4n) is 1.80. The minimum absolute atomic E-state index is 0.0813. The predicted octanol–water partition coefficient (Wildman–Crippen LogP) is 0.748. The topological polar surface area (TPSA) is 32.3 Å². The van der Waals surface area contributed by atoms with Gasteiger partial charge in [0.1, 0.15) is 0 Å². The Bertz CT molecular complexity index is 324. The van der Waals surface area contributed by atoms with Crippen LogP contribution in [0.4, 0.5) is 0 Å². The highest BCUT2D eigenvalue weighted by Gasteiger charge is 2.19. The quantitative estimate of drug-likeness (QED) is 0.746. The fourth-order valence-corrected chi connectivity index (χ4v) is 1.80. The van der Waals surface area contributed by atoms with Crippen LogP contribution < -0.4 is 5.32 Å². The van der Waals surface area contributed by atoms with Crippen molar-refractivity contribution in [1.29, 1.82) is 0 Å². The molecule has 0 aliphatic carbocycles. The summed E-state index contributed by atoms with van der Waals surface area (Å²) in [5.41, 5.74) is 2.69. The molecule has 0 aromatic heterocycles. The second-order valence-corrected chi connectivity index (χ2v) is 3.59. The summed E-state index contributed by atoms with van der Waals surface area (Å²) in [7, 11) is 1.67. The Hall–Kier alpha value is -1.35. The zero-order chi connectivity index (χ0) is 9.97. The summed E-state index contributed by atoms with van der Waals surface area (Å²) in [6.45, 7) is 2.28. The van der Waals surface area contributed by atoms with Crippen LogP contribution in [0.5, 0.6) is 0 Å². The SMILES string of the molecule is CNC(=O)CN1Cc2ccccc2C1. The first kappa shape index (κ1) is 9.21. The van der Waals surface area contributed by atoms with E-state index in [-0.39, 0.29) is 5.91 Å². The molecule has 0 radical (unpaired) electrons. The summed E-state index contributed by atoms with van der Waals surface area (Å²) in [6, 6.07) is 8.34. The van der Waals surface area contributed by atoms with Crippen LogP contribution in [0.25, 0.3) is 0 Å². The lowest BCUT2D eigenvalue weighted by Gasteiger charge is -2.12. The van der Waals surface area contributed by atoms with Gasteiger partial charge in [-0.2, -0.15) is 0 Å². The number of amides is 1. The van der Waals surface area contributed by atoms with Crippen LogP contribution in [-0.4, -0.2) is 24.4 Å². The van der Waals surface area contributed by atoms with E-state index in [0.29, 0.717) is 6.54 Å². The number of carbonyl (C=O) groups is 1. The van der Waals surface area contributed by atoms with Gasteiger partial charge in [-0.1, -0.05) is 24.3 Å². The highest BCUT2D eigenvalue weighted by atomic mass is 16.1. The Morgan fingerprint density at radius 2 is 1.93 bits per heavy atom. The third kappa shape index (κ3) is 1.77. The molecule has 2 rings (SSSR count). The Balaban J connectivity index is 2.01. The number of nitrogens with one attached hydrogen (secondary N) is 1. The summed E-state index contributed by atoms with van der Waals surface area (Å²) in [4.78, 5) is 13.3. The van der Waals surface area contributed by atoms with E-state index in [2.05, 4.69) is 22.3 Å². The zero-order valence-corrected chi connectivity index (χ0v) is 8.29. The zero-order valence-electron chi connectivity index (χ0n) is 8.29. The maximum atomic E-state index is 11.2. The van der Waals surface area contributed by atoms with Crippen molar-refractivity contribution >= 4 is 5.91 Å².